The molecule has 0 spiro atoms. The highest BCUT2D eigenvalue weighted by atomic mass is 16.1. The van der Waals surface area contributed by atoms with Gasteiger partial charge in [-0.05, 0) is 13.2 Å². The van der Waals surface area contributed by atoms with Gasteiger partial charge in [-0.25, -0.2) is 4.79 Å². The van der Waals surface area contributed by atoms with Crippen molar-refractivity contribution in [2.24, 2.45) is 0 Å². The lowest BCUT2D eigenvalue weighted by atomic mass is 10.7. The molecule has 0 N–H and O–H groups in total. The Hall–Kier alpha value is -1.76. The van der Waals surface area contributed by atoms with E-state index in [-0.39, 0.29) is 0 Å². The molecule has 0 aromatic rings. The quantitative estimate of drug-likeness (QED) is 0.271. The number of carbonyl (C=O) groups excluding carboxylic acids is 1. The Labute approximate surface area is 53.7 Å². The molecule has 0 aliphatic carbocycles. The monoisotopic (exact) mass is 119 g/mol. The zero-order valence-electron chi connectivity index (χ0n) is 4.85. The number of nitrogens with zero attached hydrogens (tertiary/aromatic N) is 1. The van der Waals surface area contributed by atoms with Gasteiger partial charge in [0.25, 0.3) is 0 Å². The molecule has 0 heterocycles. The van der Waals surface area contributed by atoms with Gasteiger partial charge in [0.1, 0.15) is 12.0 Å². The molecule has 2 heteroatoms. The fraction of sp³-hybridized carbons (Fsp3) is 0. The van der Waals surface area contributed by atoms with Gasteiger partial charge in [0.05, 0.1) is 6.08 Å². The van der Waals surface area contributed by atoms with Gasteiger partial charge < -0.3 is 0 Å². The second kappa shape index (κ2) is 16.3. The van der Waals surface area contributed by atoms with Crippen LogP contribution >= 0.6 is 0 Å². The van der Waals surface area contributed by atoms with Gasteiger partial charge in [-0.2, -0.15) is 5.26 Å². The van der Waals surface area contributed by atoms with Gasteiger partial charge in [0.2, 0.25) is 0 Å². The minimum Gasteiger partial charge on any atom is -0.233 e. The van der Waals surface area contributed by atoms with Crippen LogP contribution in [0.25, 0.3) is 0 Å². The highest BCUT2D eigenvalue weighted by molar-refractivity contribution is 5.49. The average molecular weight is 119 g/mol. The first-order valence-electron chi connectivity index (χ1n) is 1.96. The van der Waals surface area contributed by atoms with Crippen molar-refractivity contribution in [2.75, 3.05) is 0 Å². The second-order valence-electron chi connectivity index (χ2n) is 0.745. The normalized spacial score (nSPS) is 3.44. The van der Waals surface area contributed by atoms with E-state index in [0.717, 1.165) is 6.08 Å². The summed E-state index contributed by atoms with van der Waals surface area (Å²) in [4.78, 5) is 9.00. The van der Waals surface area contributed by atoms with Crippen LogP contribution < -0.4 is 0 Å². The molecule has 0 aromatic heterocycles. The van der Waals surface area contributed by atoms with Crippen molar-refractivity contribution in [1.82, 2.24) is 0 Å². The van der Waals surface area contributed by atoms with Gasteiger partial charge in [-0.3, -0.25) is 0 Å². The van der Waals surface area contributed by atoms with E-state index in [1.807, 2.05) is 0 Å². The van der Waals surface area contributed by atoms with E-state index in [1.54, 1.807) is 0 Å². The number of hydrogen-bond donors (Lipinski definition) is 0. The molecule has 0 atom stereocenters. The summed E-state index contributed by atoms with van der Waals surface area (Å²) in [6.07, 6.45) is 0.750. The number of allylic oxidation sites excluding steroid dienone is 1. The predicted molar refractivity (Wildman–Crippen MR) is 34.2 cm³/mol. The molecule has 0 unspecified atom stereocenters. The first-order chi connectivity index (χ1) is 4.33. The maximum absolute atomic E-state index is 9.00. The summed E-state index contributed by atoms with van der Waals surface area (Å²) >= 11 is 0. The van der Waals surface area contributed by atoms with Crippen molar-refractivity contribution in [3.63, 3.8) is 0 Å². The third kappa shape index (κ3) is 73.0. The van der Waals surface area contributed by atoms with Crippen molar-refractivity contribution in [1.29, 1.82) is 5.26 Å². The highest BCUT2D eigenvalue weighted by Gasteiger charge is 1.46. The van der Waals surface area contributed by atoms with Crippen LogP contribution in [0.3, 0.4) is 0 Å². The summed E-state index contributed by atoms with van der Waals surface area (Å²) in [5.74, 6) is 1.28. The van der Waals surface area contributed by atoms with Gasteiger partial charge in [0.15, 0.2) is 0 Å². The second-order valence-corrected chi connectivity index (χ2v) is 0.745. The lowest BCUT2D eigenvalue weighted by Gasteiger charge is -1.31. The molecule has 0 amide bonds. The lowest BCUT2D eigenvalue weighted by Crippen LogP contribution is -1.39. The summed E-state index contributed by atoms with van der Waals surface area (Å²) < 4.78 is 0. The standard InChI is InChI=1S/C4H4.C3HNO/c1-3-4-2;4-2-1-3-5/h1-2H2;1H. The Morgan fingerprint density at radius 3 is 1.78 bits per heavy atom. The Morgan fingerprint density at radius 2 is 1.78 bits per heavy atom. The maximum Gasteiger partial charge on any atom is 0.135 e. The van der Waals surface area contributed by atoms with Crippen LogP contribution in [-0.2, 0) is 4.79 Å². The summed E-state index contributed by atoms with van der Waals surface area (Å²) in [5, 5.41) is 7.50. The van der Waals surface area contributed by atoms with Gasteiger partial charge >= 0.3 is 0 Å². The third-order valence-electron chi connectivity index (χ3n) is 0.248. The van der Waals surface area contributed by atoms with E-state index in [2.05, 4.69) is 24.6 Å². The third-order valence-corrected chi connectivity index (χ3v) is 0.248. The van der Waals surface area contributed by atoms with Crippen LogP contribution in [0.5, 0.6) is 0 Å². The smallest absolute Gasteiger partial charge is 0.135 e. The first kappa shape index (κ1) is 10.3. The SMILES string of the molecule is C=C=C=C.N#CC=C=O. The Kier molecular flexibility index (Phi) is 18.6. The Bertz CT molecular complexity index is 196. The minimum atomic E-state index is 0.750. The van der Waals surface area contributed by atoms with E-state index in [4.69, 9.17) is 10.1 Å². The molecule has 2 nitrogen and oxygen atoms in total. The molecule has 0 fully saturated rings. The molecule has 0 saturated carbocycles. The van der Waals surface area contributed by atoms with Crippen molar-refractivity contribution >= 4 is 5.94 Å². The molecule has 0 aliphatic heterocycles. The summed E-state index contributed by atoms with van der Waals surface area (Å²) in [6, 6.07) is 1.47. The largest absolute Gasteiger partial charge is 0.233 e. The van der Waals surface area contributed by atoms with Gasteiger partial charge in [-0.1, -0.05) is 11.5 Å². The van der Waals surface area contributed by atoms with E-state index in [1.165, 1.54) is 12.0 Å². The first-order valence-corrected chi connectivity index (χ1v) is 1.96. The fourth-order valence-corrected chi connectivity index (χ4v) is 0.0264. The molecule has 0 bridgehead atoms. The predicted octanol–water partition coefficient (Wildman–Crippen LogP) is 1.01. The number of nitriles is 1. The van der Waals surface area contributed by atoms with Gasteiger partial charge in [0, 0.05) is 0 Å². The zero-order valence-corrected chi connectivity index (χ0v) is 4.85. The van der Waals surface area contributed by atoms with E-state index >= 15 is 0 Å². The summed E-state index contributed by atoms with van der Waals surface area (Å²) in [6.45, 7) is 6.36. The summed E-state index contributed by atoms with van der Waals surface area (Å²) in [7, 11) is 0. The number of hydrogen-bond acceptors (Lipinski definition) is 2. The van der Waals surface area contributed by atoms with Crippen molar-refractivity contribution in [3.8, 4) is 6.07 Å². The van der Waals surface area contributed by atoms with E-state index in [9.17, 15) is 0 Å². The van der Waals surface area contributed by atoms with Crippen molar-refractivity contribution < 1.29 is 4.79 Å². The maximum atomic E-state index is 9.00. The van der Waals surface area contributed by atoms with Crippen LogP contribution in [0.15, 0.2) is 30.7 Å². The van der Waals surface area contributed by atoms with E-state index < -0.39 is 0 Å². The minimum absolute atomic E-state index is 0.750. The Morgan fingerprint density at radius 1 is 1.33 bits per heavy atom. The topological polar surface area (TPSA) is 40.9 Å². The summed E-state index contributed by atoms with van der Waals surface area (Å²) in [5.41, 5.74) is 4.64. The molecule has 0 radical (unpaired) electrons. The van der Waals surface area contributed by atoms with Crippen molar-refractivity contribution in [2.45, 2.75) is 0 Å². The molecule has 44 valence electrons. The van der Waals surface area contributed by atoms with Gasteiger partial charge in [-0.15, -0.1) is 0 Å². The molecule has 0 aromatic carbocycles. The molecular weight excluding hydrogens is 114 g/mol. The average Bonchev–Trinajstić information content (AvgIpc) is 1.91. The van der Waals surface area contributed by atoms with Crippen LogP contribution in [-0.4, -0.2) is 5.94 Å². The van der Waals surface area contributed by atoms with Crippen LogP contribution in [0, 0.1) is 11.3 Å². The molecule has 0 rings (SSSR count). The Balaban J connectivity index is 0. The number of rotatable bonds is 0. The highest BCUT2D eigenvalue weighted by Crippen LogP contribution is 1.40. The fourth-order valence-electron chi connectivity index (χ4n) is 0.0264. The van der Waals surface area contributed by atoms with Crippen LogP contribution in [0.4, 0.5) is 0 Å². The van der Waals surface area contributed by atoms with E-state index in [0.29, 0.717) is 0 Å². The molecule has 0 saturated heterocycles. The lowest BCUT2D eigenvalue weighted by molar-refractivity contribution is 0.569. The van der Waals surface area contributed by atoms with Crippen LogP contribution in [0.1, 0.15) is 0 Å². The molecular formula is C7H5NO. The van der Waals surface area contributed by atoms with Crippen LogP contribution in [0.2, 0.25) is 0 Å². The van der Waals surface area contributed by atoms with Crippen molar-refractivity contribution in [3.05, 3.63) is 30.7 Å². The zero-order chi connectivity index (χ0) is 7.54. The molecule has 0 aliphatic rings. The molecule has 9 heavy (non-hydrogen) atoms.